The van der Waals surface area contributed by atoms with Crippen LogP contribution in [0.2, 0.25) is 0 Å². The second-order valence-electron chi connectivity index (χ2n) is 5.52. The molecule has 21 heavy (non-hydrogen) atoms. The number of aliphatic imine (C=N–C) groups is 1. The summed E-state index contributed by atoms with van der Waals surface area (Å²) >= 11 is 0. The Morgan fingerprint density at radius 2 is 1.67 bits per heavy atom. The minimum atomic E-state index is -0.530. The lowest BCUT2D eigenvalue weighted by atomic mass is 10.1. The van der Waals surface area contributed by atoms with E-state index in [9.17, 15) is 8.78 Å². The maximum atomic E-state index is 13.1. The molecule has 1 aromatic carbocycles. The Morgan fingerprint density at radius 1 is 1.05 bits per heavy atom. The van der Waals surface area contributed by atoms with E-state index in [4.69, 9.17) is 5.73 Å². The highest BCUT2D eigenvalue weighted by Gasteiger charge is 2.10. The average Bonchev–Trinajstić information content (AvgIpc) is 2.71. The number of hydrogen-bond acceptors (Lipinski definition) is 1. The molecular formula is C16H23F2N3. The van der Waals surface area contributed by atoms with Crippen LogP contribution in [0.4, 0.5) is 8.78 Å². The Kier molecular flexibility index (Phi) is 5.96. The highest BCUT2D eigenvalue weighted by molar-refractivity contribution is 5.78. The molecule has 1 fully saturated rings. The fourth-order valence-electron chi connectivity index (χ4n) is 2.63. The van der Waals surface area contributed by atoms with E-state index in [-0.39, 0.29) is 0 Å². The minimum Gasteiger partial charge on any atom is -0.370 e. The van der Waals surface area contributed by atoms with E-state index in [0.29, 0.717) is 24.5 Å². The number of guanidine groups is 1. The lowest BCUT2D eigenvalue weighted by molar-refractivity contribution is 0.428. The van der Waals surface area contributed by atoms with Crippen molar-refractivity contribution in [1.29, 1.82) is 0 Å². The molecule has 0 aromatic heterocycles. The molecule has 1 heterocycles. The van der Waals surface area contributed by atoms with Crippen molar-refractivity contribution in [2.24, 2.45) is 10.7 Å². The Bertz CT molecular complexity index is 460. The average molecular weight is 295 g/mol. The molecule has 0 unspecified atom stereocenters. The van der Waals surface area contributed by atoms with Gasteiger partial charge in [0.05, 0.1) is 0 Å². The van der Waals surface area contributed by atoms with Crippen molar-refractivity contribution in [3.63, 3.8) is 0 Å². The molecule has 2 N–H and O–H groups in total. The fraction of sp³-hybridized carbons (Fsp3) is 0.562. The topological polar surface area (TPSA) is 41.6 Å². The first-order chi connectivity index (χ1) is 10.1. The monoisotopic (exact) mass is 295 g/mol. The zero-order chi connectivity index (χ0) is 15.1. The van der Waals surface area contributed by atoms with Crippen LogP contribution in [0.5, 0.6) is 0 Å². The maximum Gasteiger partial charge on any atom is 0.191 e. The van der Waals surface area contributed by atoms with E-state index in [2.05, 4.69) is 9.89 Å². The molecule has 0 saturated carbocycles. The molecule has 5 heteroatoms. The normalized spacial score (nSPS) is 16.9. The predicted octanol–water partition coefficient (Wildman–Crippen LogP) is 3.09. The number of halogens is 2. The number of hydrogen-bond donors (Lipinski definition) is 1. The third kappa shape index (κ3) is 5.33. The van der Waals surface area contributed by atoms with Gasteiger partial charge in [-0.2, -0.15) is 0 Å². The number of likely N-dealkylation sites (tertiary alicyclic amines) is 1. The Hall–Kier alpha value is -1.65. The van der Waals surface area contributed by atoms with Gasteiger partial charge in [-0.15, -0.1) is 0 Å². The van der Waals surface area contributed by atoms with Gasteiger partial charge in [0.15, 0.2) is 5.96 Å². The van der Waals surface area contributed by atoms with Crippen LogP contribution in [0, 0.1) is 11.6 Å². The summed E-state index contributed by atoms with van der Waals surface area (Å²) in [5.41, 5.74) is 6.66. The molecule has 0 radical (unpaired) electrons. The summed E-state index contributed by atoms with van der Waals surface area (Å²) < 4.78 is 26.1. The van der Waals surface area contributed by atoms with E-state index in [1.807, 2.05) is 0 Å². The van der Waals surface area contributed by atoms with Gasteiger partial charge in [-0.1, -0.05) is 12.8 Å². The van der Waals surface area contributed by atoms with E-state index in [1.54, 1.807) is 0 Å². The van der Waals surface area contributed by atoms with Gasteiger partial charge in [-0.05, 0) is 43.4 Å². The Balaban J connectivity index is 1.78. The van der Waals surface area contributed by atoms with E-state index in [1.165, 1.54) is 37.8 Å². The van der Waals surface area contributed by atoms with Crippen LogP contribution < -0.4 is 5.73 Å². The minimum absolute atomic E-state index is 0.530. The van der Waals surface area contributed by atoms with E-state index < -0.39 is 11.6 Å². The standard InChI is InChI=1S/C16H23F2N3/c17-14-10-13(11-15(18)12-14)6-5-7-20-16(19)21-8-3-1-2-4-9-21/h10-12H,1-9H2,(H2,19,20). The van der Waals surface area contributed by atoms with Crippen molar-refractivity contribution < 1.29 is 8.78 Å². The van der Waals surface area contributed by atoms with Gasteiger partial charge in [-0.3, -0.25) is 4.99 Å². The van der Waals surface area contributed by atoms with Gasteiger partial charge < -0.3 is 10.6 Å². The van der Waals surface area contributed by atoms with Gasteiger partial charge >= 0.3 is 0 Å². The first-order valence-corrected chi connectivity index (χ1v) is 7.65. The zero-order valence-corrected chi connectivity index (χ0v) is 12.3. The highest BCUT2D eigenvalue weighted by atomic mass is 19.1. The molecule has 1 saturated heterocycles. The highest BCUT2D eigenvalue weighted by Crippen LogP contribution is 2.11. The first kappa shape index (κ1) is 15.7. The van der Waals surface area contributed by atoms with Crippen molar-refractivity contribution >= 4 is 5.96 Å². The first-order valence-electron chi connectivity index (χ1n) is 7.65. The second-order valence-corrected chi connectivity index (χ2v) is 5.52. The third-order valence-electron chi connectivity index (χ3n) is 3.75. The summed E-state index contributed by atoms with van der Waals surface area (Å²) in [6, 6.07) is 3.62. The van der Waals surface area contributed by atoms with Crippen LogP contribution in [0.3, 0.4) is 0 Å². The van der Waals surface area contributed by atoms with Crippen LogP contribution in [-0.2, 0) is 6.42 Å². The third-order valence-corrected chi connectivity index (χ3v) is 3.75. The summed E-state index contributed by atoms with van der Waals surface area (Å²) in [4.78, 5) is 6.52. The molecule has 116 valence electrons. The molecule has 0 atom stereocenters. The van der Waals surface area contributed by atoms with E-state index in [0.717, 1.165) is 25.6 Å². The van der Waals surface area contributed by atoms with Crippen molar-refractivity contribution in [3.05, 3.63) is 35.4 Å². The lowest BCUT2D eigenvalue weighted by Crippen LogP contribution is -2.38. The lowest BCUT2D eigenvalue weighted by Gasteiger charge is -2.21. The SMILES string of the molecule is NC(=NCCCc1cc(F)cc(F)c1)N1CCCCCC1. The zero-order valence-electron chi connectivity index (χ0n) is 12.3. The summed E-state index contributed by atoms with van der Waals surface area (Å²) in [5, 5.41) is 0. The largest absolute Gasteiger partial charge is 0.370 e. The molecule has 0 bridgehead atoms. The van der Waals surface area contributed by atoms with Gasteiger partial charge in [-0.25, -0.2) is 8.78 Å². The Labute approximate surface area is 124 Å². The van der Waals surface area contributed by atoms with Crippen molar-refractivity contribution in [2.75, 3.05) is 19.6 Å². The van der Waals surface area contributed by atoms with E-state index >= 15 is 0 Å². The number of benzene rings is 1. The van der Waals surface area contributed by atoms with Crippen molar-refractivity contribution in [1.82, 2.24) is 4.90 Å². The van der Waals surface area contributed by atoms with Crippen LogP contribution in [-0.4, -0.2) is 30.5 Å². The quantitative estimate of drug-likeness (QED) is 0.527. The number of nitrogens with two attached hydrogens (primary N) is 1. The molecule has 2 rings (SSSR count). The van der Waals surface area contributed by atoms with Gasteiger partial charge in [0.2, 0.25) is 0 Å². The molecule has 3 nitrogen and oxygen atoms in total. The van der Waals surface area contributed by atoms with Gasteiger partial charge in [0.25, 0.3) is 0 Å². The molecule has 0 aliphatic carbocycles. The summed E-state index contributed by atoms with van der Waals surface area (Å²) in [6.45, 7) is 2.54. The Morgan fingerprint density at radius 3 is 2.29 bits per heavy atom. The molecule has 0 amide bonds. The summed E-state index contributed by atoms with van der Waals surface area (Å²) in [7, 11) is 0. The van der Waals surface area contributed by atoms with Gasteiger partial charge in [0, 0.05) is 25.7 Å². The second kappa shape index (κ2) is 7.96. The summed E-state index contributed by atoms with van der Waals surface area (Å²) in [6.07, 6.45) is 6.18. The fourth-order valence-corrected chi connectivity index (χ4v) is 2.63. The molecule has 0 spiro atoms. The van der Waals surface area contributed by atoms with Crippen molar-refractivity contribution in [2.45, 2.75) is 38.5 Å². The van der Waals surface area contributed by atoms with Crippen LogP contribution >= 0.6 is 0 Å². The smallest absolute Gasteiger partial charge is 0.191 e. The number of rotatable bonds is 4. The molecule has 1 aliphatic rings. The number of nitrogens with zero attached hydrogens (tertiary/aromatic N) is 2. The maximum absolute atomic E-state index is 13.1. The predicted molar refractivity (Wildman–Crippen MR) is 81.2 cm³/mol. The molecule has 1 aliphatic heterocycles. The van der Waals surface area contributed by atoms with Crippen LogP contribution in [0.1, 0.15) is 37.7 Å². The molecule has 1 aromatic rings. The van der Waals surface area contributed by atoms with Gasteiger partial charge in [0.1, 0.15) is 11.6 Å². The van der Waals surface area contributed by atoms with Crippen LogP contribution in [0.25, 0.3) is 0 Å². The summed E-state index contributed by atoms with van der Waals surface area (Å²) in [5.74, 6) is -0.461. The molecular weight excluding hydrogens is 272 g/mol. The number of aryl methyl sites for hydroxylation is 1. The van der Waals surface area contributed by atoms with Crippen LogP contribution in [0.15, 0.2) is 23.2 Å². The van der Waals surface area contributed by atoms with Crippen molar-refractivity contribution in [3.8, 4) is 0 Å².